The third-order valence-electron chi connectivity index (χ3n) is 6.54. The van der Waals surface area contributed by atoms with Crippen LogP contribution in [-0.2, 0) is 22.4 Å². The number of nitrogens with zero attached hydrogens (tertiary/aromatic N) is 7. The largest absolute Gasteiger partial charge is 0.353 e. The van der Waals surface area contributed by atoms with Gasteiger partial charge in [-0.05, 0) is 19.3 Å². The zero-order valence-electron chi connectivity index (χ0n) is 18.9. The Labute approximate surface area is 183 Å². The van der Waals surface area contributed by atoms with Gasteiger partial charge in [0.2, 0.25) is 11.8 Å². The Bertz CT molecular complexity index is 941. The van der Waals surface area contributed by atoms with Crippen molar-refractivity contribution in [1.82, 2.24) is 29.4 Å². The van der Waals surface area contributed by atoms with Crippen LogP contribution in [0.15, 0.2) is 6.07 Å². The van der Waals surface area contributed by atoms with Gasteiger partial charge in [0.25, 0.3) is 5.78 Å². The lowest BCUT2D eigenvalue weighted by molar-refractivity contribution is -0.140. The van der Waals surface area contributed by atoms with Crippen LogP contribution in [0.1, 0.15) is 51.6 Å². The van der Waals surface area contributed by atoms with Gasteiger partial charge in [0, 0.05) is 70.3 Å². The number of anilines is 1. The lowest BCUT2D eigenvalue weighted by Gasteiger charge is -2.39. The van der Waals surface area contributed by atoms with Crippen molar-refractivity contribution in [3.63, 3.8) is 0 Å². The molecule has 2 aromatic rings. The highest BCUT2D eigenvalue weighted by Crippen LogP contribution is 2.23. The van der Waals surface area contributed by atoms with Gasteiger partial charge in [-0.3, -0.25) is 14.0 Å². The van der Waals surface area contributed by atoms with E-state index in [1.807, 2.05) is 9.80 Å². The number of aromatic nitrogens is 4. The number of hydrogen-bond acceptors (Lipinski definition) is 6. The molecule has 2 fully saturated rings. The van der Waals surface area contributed by atoms with Crippen molar-refractivity contribution in [2.75, 3.05) is 44.2 Å². The molecule has 2 aromatic heterocycles. The number of carbonyl (C=O) groups is 2. The van der Waals surface area contributed by atoms with Crippen LogP contribution in [0.4, 0.5) is 5.82 Å². The smallest absolute Gasteiger partial charge is 0.257 e. The van der Waals surface area contributed by atoms with Gasteiger partial charge in [-0.25, -0.2) is 0 Å². The molecule has 2 amide bonds. The van der Waals surface area contributed by atoms with Gasteiger partial charge in [0.1, 0.15) is 11.6 Å². The van der Waals surface area contributed by atoms with Crippen LogP contribution in [0.3, 0.4) is 0 Å². The molecule has 0 bridgehead atoms. The maximum Gasteiger partial charge on any atom is 0.257 e. The van der Waals surface area contributed by atoms with Crippen LogP contribution in [0.2, 0.25) is 0 Å². The summed E-state index contributed by atoms with van der Waals surface area (Å²) in [5, 5.41) is 8.59. The molecule has 2 saturated heterocycles. The molecule has 31 heavy (non-hydrogen) atoms. The SMILES string of the molecule is CCCc1cc(N2CCN(C(=O)C3CCN(C(C)=O)CC3)CC2)nc2nnc(CC)n12. The van der Waals surface area contributed by atoms with Crippen molar-refractivity contribution >= 4 is 23.4 Å². The molecule has 2 aliphatic heterocycles. The van der Waals surface area contributed by atoms with E-state index in [1.54, 1.807) is 6.92 Å². The van der Waals surface area contributed by atoms with E-state index in [-0.39, 0.29) is 17.7 Å². The summed E-state index contributed by atoms with van der Waals surface area (Å²) >= 11 is 0. The average Bonchev–Trinajstić information content (AvgIpc) is 3.22. The van der Waals surface area contributed by atoms with E-state index in [0.29, 0.717) is 32.0 Å². The number of likely N-dealkylation sites (tertiary alicyclic amines) is 1. The minimum absolute atomic E-state index is 0.0382. The molecule has 0 N–H and O–H groups in total. The molecule has 0 atom stereocenters. The second-order valence-electron chi connectivity index (χ2n) is 8.55. The summed E-state index contributed by atoms with van der Waals surface area (Å²) in [4.78, 5) is 35.4. The van der Waals surface area contributed by atoms with Gasteiger partial charge in [0.05, 0.1) is 0 Å². The van der Waals surface area contributed by atoms with Crippen LogP contribution < -0.4 is 4.90 Å². The fraction of sp³-hybridized carbons (Fsp3) is 0.682. The number of rotatable bonds is 5. The molecule has 0 aliphatic carbocycles. The topological polar surface area (TPSA) is 86.9 Å². The van der Waals surface area contributed by atoms with E-state index in [2.05, 4.69) is 39.4 Å². The Morgan fingerprint density at radius 2 is 1.71 bits per heavy atom. The maximum atomic E-state index is 13.0. The van der Waals surface area contributed by atoms with Gasteiger partial charge in [-0.1, -0.05) is 20.3 Å². The molecular weight excluding hydrogens is 394 g/mol. The summed E-state index contributed by atoms with van der Waals surface area (Å²) < 4.78 is 2.08. The maximum absolute atomic E-state index is 13.0. The normalized spacial score (nSPS) is 18.1. The van der Waals surface area contributed by atoms with E-state index in [4.69, 9.17) is 4.98 Å². The number of carbonyl (C=O) groups excluding carboxylic acids is 2. The molecule has 2 aliphatic rings. The van der Waals surface area contributed by atoms with Crippen molar-refractivity contribution in [1.29, 1.82) is 0 Å². The van der Waals surface area contributed by atoms with Crippen LogP contribution >= 0.6 is 0 Å². The van der Waals surface area contributed by atoms with Crippen molar-refractivity contribution in [2.24, 2.45) is 5.92 Å². The number of hydrogen-bond donors (Lipinski definition) is 0. The van der Waals surface area contributed by atoms with E-state index in [9.17, 15) is 9.59 Å². The molecule has 9 heteroatoms. The first kappa shape index (κ1) is 21.5. The van der Waals surface area contributed by atoms with Gasteiger partial charge in [-0.2, -0.15) is 4.98 Å². The Morgan fingerprint density at radius 3 is 2.32 bits per heavy atom. The van der Waals surface area contributed by atoms with Gasteiger partial charge >= 0.3 is 0 Å². The second kappa shape index (κ2) is 9.20. The first-order valence-electron chi connectivity index (χ1n) is 11.5. The lowest BCUT2D eigenvalue weighted by atomic mass is 9.95. The number of amides is 2. The molecule has 0 radical (unpaired) electrons. The summed E-state index contributed by atoms with van der Waals surface area (Å²) in [7, 11) is 0. The molecule has 4 heterocycles. The first-order valence-corrected chi connectivity index (χ1v) is 11.5. The fourth-order valence-electron chi connectivity index (χ4n) is 4.71. The van der Waals surface area contributed by atoms with E-state index < -0.39 is 0 Å². The summed E-state index contributed by atoms with van der Waals surface area (Å²) in [6.07, 6.45) is 4.36. The average molecular weight is 428 g/mol. The summed E-state index contributed by atoms with van der Waals surface area (Å²) in [6, 6.07) is 2.16. The quantitative estimate of drug-likeness (QED) is 0.720. The Kier molecular flexibility index (Phi) is 6.38. The standard InChI is InChI=1S/C22H33N7O2/c1-4-6-18-15-20(23-22-25-24-19(5-2)29(18)22)27-11-13-28(14-12-27)21(31)17-7-9-26(10-8-17)16(3)30/h15,17H,4-14H2,1-3H3. The molecule has 0 unspecified atom stereocenters. The van der Waals surface area contributed by atoms with Crippen molar-refractivity contribution in [3.8, 4) is 0 Å². The molecule has 0 aromatic carbocycles. The van der Waals surface area contributed by atoms with Crippen LogP contribution in [0.25, 0.3) is 5.78 Å². The van der Waals surface area contributed by atoms with E-state index in [0.717, 1.165) is 56.8 Å². The van der Waals surface area contributed by atoms with Gasteiger partial charge < -0.3 is 14.7 Å². The summed E-state index contributed by atoms with van der Waals surface area (Å²) in [5.74, 6) is 2.91. The van der Waals surface area contributed by atoms with Crippen LogP contribution in [0, 0.1) is 5.92 Å². The minimum atomic E-state index is 0.0382. The summed E-state index contributed by atoms with van der Waals surface area (Å²) in [6.45, 7) is 10.2. The first-order chi connectivity index (χ1) is 15.0. The van der Waals surface area contributed by atoms with Crippen molar-refractivity contribution in [2.45, 2.75) is 52.9 Å². The fourth-order valence-corrected chi connectivity index (χ4v) is 4.71. The van der Waals surface area contributed by atoms with Gasteiger partial charge in [0.15, 0.2) is 0 Å². The second-order valence-corrected chi connectivity index (χ2v) is 8.55. The Hall–Kier alpha value is -2.71. The lowest BCUT2D eigenvalue weighted by Crippen LogP contribution is -2.52. The van der Waals surface area contributed by atoms with Gasteiger partial charge in [-0.15, -0.1) is 10.2 Å². The monoisotopic (exact) mass is 427 g/mol. The Balaban J connectivity index is 1.41. The van der Waals surface area contributed by atoms with Crippen molar-refractivity contribution < 1.29 is 9.59 Å². The third kappa shape index (κ3) is 4.36. The Morgan fingerprint density at radius 1 is 1.00 bits per heavy atom. The van der Waals surface area contributed by atoms with Crippen LogP contribution in [-0.4, -0.2) is 80.5 Å². The van der Waals surface area contributed by atoms with E-state index >= 15 is 0 Å². The molecule has 4 rings (SSSR count). The van der Waals surface area contributed by atoms with E-state index in [1.165, 1.54) is 5.69 Å². The van der Waals surface area contributed by atoms with Crippen LogP contribution in [0.5, 0.6) is 0 Å². The zero-order chi connectivity index (χ0) is 22.0. The highest BCUT2D eigenvalue weighted by molar-refractivity contribution is 5.80. The van der Waals surface area contributed by atoms with Crippen molar-refractivity contribution in [3.05, 3.63) is 17.6 Å². The molecule has 168 valence electrons. The molecule has 0 saturated carbocycles. The third-order valence-corrected chi connectivity index (χ3v) is 6.54. The predicted octanol–water partition coefficient (Wildman–Crippen LogP) is 1.55. The molecule has 9 nitrogen and oxygen atoms in total. The highest BCUT2D eigenvalue weighted by atomic mass is 16.2. The number of piperidine rings is 1. The molecular formula is C22H33N7O2. The number of aryl methyl sites for hydroxylation is 2. The zero-order valence-corrected chi connectivity index (χ0v) is 18.9. The minimum Gasteiger partial charge on any atom is -0.353 e. The highest BCUT2D eigenvalue weighted by Gasteiger charge is 2.31. The summed E-state index contributed by atoms with van der Waals surface area (Å²) in [5.41, 5.74) is 1.19. The molecule has 0 spiro atoms. The predicted molar refractivity (Wildman–Crippen MR) is 118 cm³/mol. The number of piperazine rings is 1. The number of fused-ring (bicyclic) bond motifs is 1.